The second-order valence-corrected chi connectivity index (χ2v) is 7.11. The lowest BCUT2D eigenvalue weighted by Crippen LogP contribution is -1.96. The van der Waals surface area contributed by atoms with Crippen molar-refractivity contribution in [2.24, 2.45) is 0 Å². The molecule has 6 heteroatoms. The van der Waals surface area contributed by atoms with E-state index in [-0.39, 0.29) is 10.6 Å². The van der Waals surface area contributed by atoms with Crippen LogP contribution in [0.1, 0.15) is 37.2 Å². The summed E-state index contributed by atoms with van der Waals surface area (Å²) in [6.45, 7) is 0. The molecular weight excluding hydrogens is 334 g/mol. The van der Waals surface area contributed by atoms with E-state index >= 15 is 0 Å². The fourth-order valence-electron chi connectivity index (χ4n) is 3.55. The van der Waals surface area contributed by atoms with E-state index in [2.05, 4.69) is 11.1 Å². The number of nitro groups is 1. The highest BCUT2D eigenvalue weighted by molar-refractivity contribution is 7.13. The normalized spacial score (nSPS) is 14.7. The van der Waals surface area contributed by atoms with Crippen LogP contribution in [0.2, 0.25) is 0 Å². The molecule has 0 bridgehead atoms. The van der Waals surface area contributed by atoms with Crippen molar-refractivity contribution < 1.29 is 4.92 Å². The van der Waals surface area contributed by atoms with Crippen LogP contribution < -0.4 is 0 Å². The molecule has 1 saturated carbocycles. The van der Waals surface area contributed by atoms with E-state index in [0.29, 0.717) is 17.2 Å². The van der Waals surface area contributed by atoms with Crippen molar-refractivity contribution >= 4 is 17.0 Å². The molecule has 2 aromatic heterocycles. The number of aromatic nitrogens is 2. The first-order valence-electron chi connectivity index (χ1n) is 8.37. The zero-order chi connectivity index (χ0) is 17.2. The molecule has 25 heavy (non-hydrogen) atoms. The molecule has 5 nitrogen and oxygen atoms in total. The van der Waals surface area contributed by atoms with Crippen molar-refractivity contribution in [3.05, 3.63) is 63.8 Å². The summed E-state index contributed by atoms with van der Waals surface area (Å²) in [5, 5.41) is 14.0. The Morgan fingerprint density at radius 2 is 1.92 bits per heavy atom. The third-order valence-electron chi connectivity index (χ3n) is 4.76. The lowest BCUT2D eigenvalue weighted by atomic mass is 9.94. The predicted molar refractivity (Wildman–Crippen MR) is 98.6 cm³/mol. The molecule has 0 atom stereocenters. The summed E-state index contributed by atoms with van der Waals surface area (Å²) in [5.74, 6) is 0.566. The number of hydrogen-bond donors (Lipinski definition) is 0. The Morgan fingerprint density at radius 3 is 2.72 bits per heavy atom. The third kappa shape index (κ3) is 3.05. The molecule has 0 spiro atoms. The molecule has 2 heterocycles. The number of hydrogen-bond acceptors (Lipinski definition) is 5. The van der Waals surface area contributed by atoms with Gasteiger partial charge in [0.05, 0.1) is 16.2 Å². The highest BCUT2D eigenvalue weighted by atomic mass is 32.1. The molecule has 1 aromatic carbocycles. The number of rotatable bonds is 4. The fourth-order valence-corrected chi connectivity index (χ4v) is 4.40. The molecule has 126 valence electrons. The summed E-state index contributed by atoms with van der Waals surface area (Å²) in [5.41, 5.74) is 3.65. The average Bonchev–Trinajstić information content (AvgIpc) is 3.33. The molecule has 1 aliphatic rings. The monoisotopic (exact) mass is 351 g/mol. The van der Waals surface area contributed by atoms with E-state index in [1.165, 1.54) is 48.6 Å². The zero-order valence-corrected chi connectivity index (χ0v) is 14.4. The Morgan fingerprint density at radius 1 is 1.12 bits per heavy atom. The fraction of sp³-hybridized carbons (Fsp3) is 0.263. The van der Waals surface area contributed by atoms with Crippen molar-refractivity contribution in [1.29, 1.82) is 0 Å². The first kappa shape index (κ1) is 15.9. The van der Waals surface area contributed by atoms with Gasteiger partial charge < -0.3 is 0 Å². The van der Waals surface area contributed by atoms with Gasteiger partial charge in [0, 0.05) is 29.4 Å². The molecule has 3 aromatic rings. The Balaban J connectivity index is 1.75. The van der Waals surface area contributed by atoms with Gasteiger partial charge in [-0.15, -0.1) is 11.3 Å². The number of nitro benzene ring substituents is 1. The first-order chi connectivity index (χ1) is 12.2. The highest BCUT2D eigenvalue weighted by Gasteiger charge is 2.23. The predicted octanol–water partition coefficient (Wildman–Crippen LogP) is 5.44. The Bertz CT molecular complexity index is 916. The van der Waals surface area contributed by atoms with Crippen molar-refractivity contribution in [3.63, 3.8) is 0 Å². The molecule has 1 aliphatic carbocycles. The molecule has 0 unspecified atom stereocenters. The molecule has 0 radical (unpaired) electrons. The summed E-state index contributed by atoms with van der Waals surface area (Å²) < 4.78 is 0. The lowest BCUT2D eigenvalue weighted by Gasteiger charge is -2.13. The molecular formula is C19H17N3O2S. The van der Waals surface area contributed by atoms with Crippen molar-refractivity contribution in [2.75, 3.05) is 0 Å². The van der Waals surface area contributed by atoms with Gasteiger partial charge in [0.15, 0.2) is 0 Å². The average molecular weight is 351 g/mol. The zero-order valence-electron chi connectivity index (χ0n) is 13.6. The Hall–Kier alpha value is -2.60. The molecule has 0 N–H and O–H groups in total. The van der Waals surface area contributed by atoms with E-state index in [1.807, 2.05) is 17.8 Å². The summed E-state index contributed by atoms with van der Waals surface area (Å²) in [7, 11) is 0. The van der Waals surface area contributed by atoms with E-state index in [1.54, 1.807) is 18.2 Å². The van der Waals surface area contributed by atoms with Gasteiger partial charge in [-0.2, -0.15) is 0 Å². The van der Waals surface area contributed by atoms with Crippen LogP contribution in [0, 0.1) is 10.1 Å². The van der Waals surface area contributed by atoms with E-state index in [4.69, 9.17) is 4.98 Å². The van der Waals surface area contributed by atoms with Gasteiger partial charge in [-0.1, -0.05) is 25.0 Å². The minimum atomic E-state index is -0.359. The van der Waals surface area contributed by atoms with E-state index < -0.39 is 0 Å². The summed E-state index contributed by atoms with van der Waals surface area (Å²) in [6, 6.07) is 8.83. The van der Waals surface area contributed by atoms with Crippen molar-refractivity contribution in [1.82, 2.24) is 9.97 Å². The number of benzene rings is 1. The maximum atomic E-state index is 11.3. The van der Waals surface area contributed by atoms with Crippen LogP contribution in [0.4, 0.5) is 5.69 Å². The minimum absolute atomic E-state index is 0.0848. The van der Waals surface area contributed by atoms with Crippen LogP contribution >= 0.6 is 11.3 Å². The highest BCUT2D eigenvalue weighted by Crippen LogP contribution is 2.40. The standard InChI is InChI=1S/C19H17N3O2S/c23-22(24)18-8-4-3-7-15(18)17-12-25-19(21-17)16-11-20-10-9-14(16)13-5-1-2-6-13/h3-4,7-13H,1-2,5-6H2. The van der Waals surface area contributed by atoms with Gasteiger partial charge in [-0.25, -0.2) is 4.98 Å². The lowest BCUT2D eigenvalue weighted by molar-refractivity contribution is -0.384. The van der Waals surface area contributed by atoms with Gasteiger partial charge >= 0.3 is 0 Å². The Labute approximate surface area is 149 Å². The van der Waals surface area contributed by atoms with Gasteiger partial charge in [0.1, 0.15) is 5.01 Å². The van der Waals surface area contributed by atoms with Gasteiger partial charge in [-0.05, 0) is 36.5 Å². The maximum absolute atomic E-state index is 11.3. The van der Waals surface area contributed by atoms with Crippen LogP contribution in [0.5, 0.6) is 0 Å². The second-order valence-electron chi connectivity index (χ2n) is 6.26. The van der Waals surface area contributed by atoms with Crippen molar-refractivity contribution in [2.45, 2.75) is 31.6 Å². The molecule has 0 saturated heterocycles. The van der Waals surface area contributed by atoms with Gasteiger partial charge in [-0.3, -0.25) is 15.1 Å². The third-order valence-corrected chi connectivity index (χ3v) is 5.64. The summed E-state index contributed by atoms with van der Waals surface area (Å²) in [4.78, 5) is 19.9. The first-order valence-corrected chi connectivity index (χ1v) is 9.25. The minimum Gasteiger partial charge on any atom is -0.264 e. The van der Waals surface area contributed by atoms with Gasteiger partial charge in [0.2, 0.25) is 0 Å². The SMILES string of the molecule is O=[N+]([O-])c1ccccc1-c1csc(-c2cnccc2C2CCCC2)n1. The topological polar surface area (TPSA) is 68.9 Å². The number of nitrogens with zero attached hydrogens (tertiary/aromatic N) is 3. The Kier molecular flexibility index (Phi) is 4.28. The van der Waals surface area contributed by atoms with Crippen LogP contribution in [0.3, 0.4) is 0 Å². The second kappa shape index (κ2) is 6.72. The van der Waals surface area contributed by atoms with E-state index in [0.717, 1.165) is 10.6 Å². The smallest absolute Gasteiger partial charge is 0.264 e. The summed E-state index contributed by atoms with van der Waals surface area (Å²) >= 11 is 1.52. The van der Waals surface area contributed by atoms with Crippen LogP contribution in [0.25, 0.3) is 21.8 Å². The molecule has 0 amide bonds. The number of para-hydroxylation sites is 1. The molecule has 0 aliphatic heterocycles. The maximum Gasteiger partial charge on any atom is 0.278 e. The van der Waals surface area contributed by atoms with Crippen molar-refractivity contribution in [3.8, 4) is 21.8 Å². The van der Waals surface area contributed by atoms with Crippen LogP contribution in [0.15, 0.2) is 48.1 Å². The quantitative estimate of drug-likeness (QED) is 0.464. The van der Waals surface area contributed by atoms with E-state index in [9.17, 15) is 10.1 Å². The largest absolute Gasteiger partial charge is 0.278 e. The molecule has 1 fully saturated rings. The number of pyridine rings is 1. The van der Waals surface area contributed by atoms with Crippen LogP contribution in [-0.2, 0) is 0 Å². The molecule has 4 rings (SSSR count). The van der Waals surface area contributed by atoms with Gasteiger partial charge in [0.25, 0.3) is 5.69 Å². The summed E-state index contributed by atoms with van der Waals surface area (Å²) in [6.07, 6.45) is 8.67. The van der Waals surface area contributed by atoms with Crippen LogP contribution in [-0.4, -0.2) is 14.9 Å². The number of thiazole rings is 1.